The zero-order valence-electron chi connectivity index (χ0n) is 11.2. The van der Waals surface area contributed by atoms with Crippen molar-refractivity contribution in [3.8, 4) is 11.3 Å². The van der Waals surface area contributed by atoms with Crippen molar-refractivity contribution < 1.29 is 9.21 Å². The van der Waals surface area contributed by atoms with Crippen LogP contribution in [-0.4, -0.2) is 10.9 Å². The van der Waals surface area contributed by atoms with Gasteiger partial charge in [-0.15, -0.1) is 0 Å². The molecule has 2 aromatic heterocycles. The number of carbonyl (C=O) groups is 1. The van der Waals surface area contributed by atoms with Crippen molar-refractivity contribution >= 4 is 45.9 Å². The third-order valence-corrected chi connectivity index (χ3v) is 3.78. The van der Waals surface area contributed by atoms with Gasteiger partial charge >= 0.3 is 0 Å². The van der Waals surface area contributed by atoms with Crippen molar-refractivity contribution in [1.29, 1.82) is 0 Å². The van der Waals surface area contributed by atoms with Gasteiger partial charge in [0.25, 0.3) is 5.91 Å². The SMILES string of the molecule is O=C(Nc1ccc(I)cn1)c1ccc(-c2cccc(Cl)c2)o1. The summed E-state index contributed by atoms with van der Waals surface area (Å²) in [5.74, 6) is 0.937. The molecule has 0 spiro atoms. The van der Waals surface area contributed by atoms with E-state index in [4.69, 9.17) is 16.0 Å². The summed E-state index contributed by atoms with van der Waals surface area (Å²) in [7, 11) is 0. The first-order valence-corrected chi connectivity index (χ1v) is 7.86. The van der Waals surface area contributed by atoms with Gasteiger partial charge in [0.2, 0.25) is 0 Å². The molecule has 0 bridgehead atoms. The standard InChI is InChI=1S/C16H10ClIN2O2/c17-11-3-1-2-10(8-11)13-5-6-14(22-13)16(21)20-15-7-4-12(18)9-19-15/h1-9H,(H,19,20,21). The number of pyridine rings is 1. The van der Waals surface area contributed by atoms with Gasteiger partial charge in [0.05, 0.1) is 0 Å². The molecule has 22 heavy (non-hydrogen) atoms. The van der Waals surface area contributed by atoms with Gasteiger partial charge in [0.15, 0.2) is 5.76 Å². The topological polar surface area (TPSA) is 55.1 Å². The van der Waals surface area contributed by atoms with E-state index in [-0.39, 0.29) is 11.7 Å². The largest absolute Gasteiger partial charge is 0.451 e. The molecule has 4 nitrogen and oxygen atoms in total. The molecular weight excluding hydrogens is 415 g/mol. The van der Waals surface area contributed by atoms with E-state index in [0.717, 1.165) is 9.13 Å². The molecule has 3 aromatic rings. The van der Waals surface area contributed by atoms with Crippen molar-refractivity contribution in [2.45, 2.75) is 0 Å². The number of benzene rings is 1. The van der Waals surface area contributed by atoms with Crippen LogP contribution in [0.4, 0.5) is 5.82 Å². The minimum atomic E-state index is -0.345. The van der Waals surface area contributed by atoms with E-state index in [1.54, 1.807) is 36.5 Å². The van der Waals surface area contributed by atoms with Crippen LogP contribution in [-0.2, 0) is 0 Å². The second-order valence-corrected chi connectivity index (χ2v) is 6.17. The number of nitrogens with one attached hydrogen (secondary N) is 1. The fourth-order valence-corrected chi connectivity index (χ4v) is 2.39. The number of rotatable bonds is 3. The highest BCUT2D eigenvalue weighted by atomic mass is 127. The van der Waals surface area contributed by atoms with Crippen LogP contribution in [0.5, 0.6) is 0 Å². The van der Waals surface area contributed by atoms with Gasteiger partial charge in [-0.3, -0.25) is 4.79 Å². The second kappa shape index (κ2) is 6.50. The Bertz CT molecular complexity index is 815. The number of hydrogen-bond donors (Lipinski definition) is 1. The van der Waals surface area contributed by atoms with Gasteiger partial charge in [-0.25, -0.2) is 4.98 Å². The number of anilines is 1. The highest BCUT2D eigenvalue weighted by Gasteiger charge is 2.13. The van der Waals surface area contributed by atoms with Gasteiger partial charge in [-0.1, -0.05) is 23.7 Å². The Morgan fingerprint density at radius 1 is 1.18 bits per heavy atom. The Balaban J connectivity index is 1.78. The minimum Gasteiger partial charge on any atom is -0.451 e. The fraction of sp³-hybridized carbons (Fsp3) is 0. The molecule has 1 aromatic carbocycles. The lowest BCUT2D eigenvalue weighted by molar-refractivity contribution is 0.0997. The molecule has 0 fully saturated rings. The predicted molar refractivity (Wildman–Crippen MR) is 94.1 cm³/mol. The molecule has 6 heteroatoms. The molecule has 3 rings (SSSR count). The van der Waals surface area contributed by atoms with Crippen LogP contribution in [0.15, 0.2) is 59.1 Å². The molecule has 0 radical (unpaired) electrons. The van der Waals surface area contributed by atoms with E-state index >= 15 is 0 Å². The maximum absolute atomic E-state index is 12.1. The summed E-state index contributed by atoms with van der Waals surface area (Å²) in [6, 6.07) is 14.2. The second-order valence-electron chi connectivity index (χ2n) is 4.49. The Labute approximate surface area is 145 Å². The quantitative estimate of drug-likeness (QED) is 0.612. The van der Waals surface area contributed by atoms with Crippen molar-refractivity contribution in [3.63, 3.8) is 0 Å². The summed E-state index contributed by atoms with van der Waals surface area (Å²) >= 11 is 8.10. The first-order chi connectivity index (χ1) is 10.6. The maximum atomic E-state index is 12.1. The van der Waals surface area contributed by atoms with Gasteiger partial charge < -0.3 is 9.73 Å². The monoisotopic (exact) mass is 424 g/mol. The zero-order valence-corrected chi connectivity index (χ0v) is 14.1. The van der Waals surface area contributed by atoms with Crippen LogP contribution >= 0.6 is 34.2 Å². The molecule has 0 aliphatic heterocycles. The van der Waals surface area contributed by atoms with E-state index in [9.17, 15) is 4.79 Å². The van der Waals surface area contributed by atoms with Crippen LogP contribution in [0.1, 0.15) is 10.6 Å². The molecule has 110 valence electrons. The lowest BCUT2D eigenvalue weighted by Gasteiger charge is -2.02. The molecule has 1 N–H and O–H groups in total. The van der Waals surface area contributed by atoms with Crippen LogP contribution in [0.25, 0.3) is 11.3 Å². The summed E-state index contributed by atoms with van der Waals surface area (Å²) in [5, 5.41) is 3.30. The molecule has 0 saturated carbocycles. The Morgan fingerprint density at radius 2 is 2.05 bits per heavy atom. The van der Waals surface area contributed by atoms with Crippen molar-refractivity contribution in [2.24, 2.45) is 0 Å². The Hall–Kier alpha value is -1.86. The zero-order chi connectivity index (χ0) is 15.5. The minimum absolute atomic E-state index is 0.218. The molecule has 0 aliphatic carbocycles. The Morgan fingerprint density at radius 3 is 2.77 bits per heavy atom. The van der Waals surface area contributed by atoms with E-state index < -0.39 is 0 Å². The van der Waals surface area contributed by atoms with E-state index in [1.807, 2.05) is 18.2 Å². The summed E-state index contributed by atoms with van der Waals surface area (Å²) < 4.78 is 6.58. The van der Waals surface area contributed by atoms with Crippen LogP contribution in [0.2, 0.25) is 5.02 Å². The van der Waals surface area contributed by atoms with Gasteiger partial charge in [0.1, 0.15) is 11.6 Å². The molecule has 1 amide bonds. The molecule has 0 unspecified atom stereocenters. The van der Waals surface area contributed by atoms with E-state index in [0.29, 0.717) is 16.6 Å². The smallest absolute Gasteiger partial charge is 0.292 e. The van der Waals surface area contributed by atoms with Crippen LogP contribution < -0.4 is 5.32 Å². The number of carbonyl (C=O) groups excluding carboxylic acids is 1. The average molecular weight is 425 g/mol. The first-order valence-electron chi connectivity index (χ1n) is 6.40. The summed E-state index contributed by atoms with van der Waals surface area (Å²) in [6.45, 7) is 0. The molecule has 0 saturated heterocycles. The van der Waals surface area contributed by atoms with Crippen molar-refractivity contribution in [3.05, 3.63) is 69.1 Å². The van der Waals surface area contributed by atoms with E-state index in [2.05, 4.69) is 32.9 Å². The third-order valence-electron chi connectivity index (χ3n) is 2.91. The van der Waals surface area contributed by atoms with E-state index in [1.165, 1.54) is 0 Å². The molecular formula is C16H10ClIN2O2. The molecule has 2 heterocycles. The number of amides is 1. The summed E-state index contributed by atoms with van der Waals surface area (Å²) in [6.07, 6.45) is 1.68. The lowest BCUT2D eigenvalue weighted by Crippen LogP contribution is -2.11. The first kappa shape index (κ1) is 15.1. The van der Waals surface area contributed by atoms with Gasteiger partial charge in [-0.2, -0.15) is 0 Å². The van der Waals surface area contributed by atoms with Crippen LogP contribution in [0, 0.1) is 3.57 Å². The van der Waals surface area contributed by atoms with Crippen molar-refractivity contribution in [2.75, 3.05) is 5.32 Å². The molecule has 0 aliphatic rings. The number of furan rings is 1. The number of halogens is 2. The number of nitrogens with zero attached hydrogens (tertiary/aromatic N) is 1. The number of aromatic nitrogens is 1. The highest BCUT2D eigenvalue weighted by Crippen LogP contribution is 2.25. The fourth-order valence-electron chi connectivity index (χ4n) is 1.88. The Kier molecular flexibility index (Phi) is 4.44. The van der Waals surface area contributed by atoms with Crippen LogP contribution in [0.3, 0.4) is 0 Å². The summed E-state index contributed by atoms with van der Waals surface area (Å²) in [4.78, 5) is 16.3. The van der Waals surface area contributed by atoms with Gasteiger partial charge in [0, 0.05) is 20.4 Å². The predicted octanol–water partition coefficient (Wildman–Crippen LogP) is 4.85. The third kappa shape index (κ3) is 3.48. The molecule has 0 atom stereocenters. The number of hydrogen-bond acceptors (Lipinski definition) is 3. The normalized spacial score (nSPS) is 10.5. The van der Waals surface area contributed by atoms with Crippen molar-refractivity contribution in [1.82, 2.24) is 4.98 Å². The van der Waals surface area contributed by atoms with Gasteiger partial charge in [-0.05, 0) is 59.0 Å². The lowest BCUT2D eigenvalue weighted by atomic mass is 10.2. The average Bonchev–Trinajstić information content (AvgIpc) is 3.00. The summed E-state index contributed by atoms with van der Waals surface area (Å²) in [5.41, 5.74) is 0.818. The highest BCUT2D eigenvalue weighted by molar-refractivity contribution is 14.1. The maximum Gasteiger partial charge on any atom is 0.292 e.